The highest BCUT2D eigenvalue weighted by Gasteiger charge is 2.47. The lowest BCUT2D eigenvalue weighted by atomic mass is 9.89. The molecule has 0 aromatic carbocycles. The number of aryl methyl sites for hydroxylation is 1. The molecular weight excluding hydrogens is 384 g/mol. The largest absolute Gasteiger partial charge is 0.355 e. The van der Waals surface area contributed by atoms with Crippen LogP contribution in [0, 0.1) is 6.92 Å². The Kier molecular flexibility index (Phi) is 4.69. The molecule has 31 heavy (non-hydrogen) atoms. The number of hydrogen-bond acceptors (Lipinski definition) is 6. The second kappa shape index (κ2) is 7.45. The van der Waals surface area contributed by atoms with E-state index in [1.54, 1.807) is 0 Å². The molecule has 5 heterocycles. The number of amidine groups is 1. The smallest absolute Gasteiger partial charge is 0.129 e. The van der Waals surface area contributed by atoms with Crippen LogP contribution in [0.15, 0.2) is 47.4 Å². The van der Waals surface area contributed by atoms with E-state index < -0.39 is 0 Å². The number of likely N-dealkylation sites (N-methyl/N-ethyl adjacent to an activating group) is 1. The molecule has 1 saturated carbocycles. The molecule has 2 saturated heterocycles. The first kappa shape index (κ1) is 19.5. The molecule has 0 radical (unpaired) electrons. The van der Waals surface area contributed by atoms with E-state index in [0.29, 0.717) is 23.7 Å². The van der Waals surface area contributed by atoms with Crippen LogP contribution in [0.5, 0.6) is 0 Å². The molecule has 6 nitrogen and oxygen atoms in total. The van der Waals surface area contributed by atoms with E-state index in [0.717, 1.165) is 32.0 Å². The van der Waals surface area contributed by atoms with E-state index >= 15 is 0 Å². The van der Waals surface area contributed by atoms with Crippen molar-refractivity contribution in [3.05, 3.63) is 53.6 Å². The van der Waals surface area contributed by atoms with Gasteiger partial charge in [0.2, 0.25) is 0 Å². The summed E-state index contributed by atoms with van der Waals surface area (Å²) in [5.74, 6) is 2.50. The number of hydrogen-bond donors (Lipinski definition) is 1. The zero-order chi connectivity index (χ0) is 21.0. The number of likely N-dealkylation sites (tertiary alicyclic amines) is 1. The average molecular weight is 419 g/mol. The Bertz CT molecular complexity index is 945. The number of nitrogens with one attached hydrogen (secondary N) is 1. The van der Waals surface area contributed by atoms with Crippen LogP contribution in [-0.2, 0) is 0 Å². The first-order valence-corrected chi connectivity index (χ1v) is 12.0. The lowest BCUT2D eigenvalue weighted by Gasteiger charge is -2.43. The van der Waals surface area contributed by atoms with Crippen molar-refractivity contribution in [1.82, 2.24) is 25.0 Å². The van der Waals surface area contributed by atoms with Gasteiger partial charge in [-0.2, -0.15) is 0 Å². The van der Waals surface area contributed by atoms with E-state index in [9.17, 15) is 0 Å². The molecule has 1 unspecified atom stereocenters. The van der Waals surface area contributed by atoms with Gasteiger partial charge >= 0.3 is 0 Å². The van der Waals surface area contributed by atoms with Crippen LogP contribution >= 0.6 is 0 Å². The summed E-state index contributed by atoms with van der Waals surface area (Å²) >= 11 is 0. The molecular formula is C25H34N6. The normalized spacial score (nSPS) is 32.1. The Balaban J connectivity index is 1.20. The molecule has 1 aromatic rings. The first-order chi connectivity index (χ1) is 15.1. The van der Waals surface area contributed by atoms with E-state index in [-0.39, 0.29) is 0 Å². The minimum absolute atomic E-state index is 0.316. The summed E-state index contributed by atoms with van der Waals surface area (Å²) in [6.07, 6.45) is 14.9. The fraction of sp³-hybridized carbons (Fsp3) is 0.600. The van der Waals surface area contributed by atoms with Gasteiger partial charge in [0, 0.05) is 44.0 Å². The molecule has 4 aliphatic heterocycles. The summed E-state index contributed by atoms with van der Waals surface area (Å²) in [7, 11) is 2.29. The summed E-state index contributed by atoms with van der Waals surface area (Å²) in [4.78, 5) is 17.6. The van der Waals surface area contributed by atoms with Gasteiger partial charge in [0.25, 0.3) is 0 Å². The number of nitrogens with zero attached hydrogens (tertiary/aromatic N) is 5. The minimum atomic E-state index is 0.316. The predicted octanol–water partition coefficient (Wildman–Crippen LogP) is 2.85. The van der Waals surface area contributed by atoms with Crippen molar-refractivity contribution in [3.63, 3.8) is 0 Å². The highest BCUT2D eigenvalue weighted by molar-refractivity contribution is 5.97. The Labute approximate surface area is 185 Å². The molecule has 6 heteroatoms. The van der Waals surface area contributed by atoms with Crippen molar-refractivity contribution >= 4 is 5.84 Å². The molecule has 0 bridgehead atoms. The second-order valence-electron chi connectivity index (χ2n) is 10.1. The summed E-state index contributed by atoms with van der Waals surface area (Å²) in [6.45, 7) is 6.48. The third-order valence-electron chi connectivity index (χ3n) is 8.07. The summed E-state index contributed by atoms with van der Waals surface area (Å²) in [6, 6.07) is 5.41. The number of piperazine rings is 1. The quantitative estimate of drug-likeness (QED) is 0.818. The fourth-order valence-corrected chi connectivity index (χ4v) is 6.14. The Morgan fingerprint density at radius 1 is 1.23 bits per heavy atom. The number of pyridine rings is 1. The maximum absolute atomic E-state index is 5.24. The number of fused-ring (bicyclic) bond motifs is 1. The zero-order valence-electron chi connectivity index (χ0n) is 18.8. The van der Waals surface area contributed by atoms with E-state index in [4.69, 9.17) is 9.98 Å². The van der Waals surface area contributed by atoms with Crippen molar-refractivity contribution in [1.29, 1.82) is 0 Å². The van der Waals surface area contributed by atoms with Crippen LogP contribution in [0.2, 0.25) is 0 Å². The Morgan fingerprint density at radius 3 is 2.97 bits per heavy atom. The maximum atomic E-state index is 5.24. The van der Waals surface area contributed by atoms with Crippen molar-refractivity contribution in [3.8, 4) is 0 Å². The number of piperidine rings is 1. The maximum Gasteiger partial charge on any atom is 0.129 e. The average Bonchev–Trinajstić information content (AvgIpc) is 3.37. The number of aliphatic imine (C=N–C) groups is 1. The number of allylic oxidation sites excluding steroid dienone is 2. The molecule has 1 aromatic heterocycles. The van der Waals surface area contributed by atoms with Crippen LogP contribution in [0.25, 0.3) is 0 Å². The Hall–Kier alpha value is -2.18. The highest BCUT2D eigenvalue weighted by Crippen LogP contribution is 2.40. The number of aromatic nitrogens is 1. The Morgan fingerprint density at radius 2 is 2.13 bits per heavy atom. The molecule has 5 aliphatic rings. The standard InChI is InChI=1S/C25H34N6/c1-18-6-5-13-26-24(18)21-8-3-7-20(29(21)2)19-16-31-22(28-19)9-4-10-23(31)30-15-14-27-25(17-30)11-12-25/h4-6,9-10,13,19-21,27H,3,7-8,11-12,14-17H2,1-2H3/t19?,20-,21+/m1/s1. The van der Waals surface area contributed by atoms with Gasteiger partial charge in [0.05, 0.1) is 17.8 Å². The third-order valence-corrected chi connectivity index (χ3v) is 8.07. The summed E-state index contributed by atoms with van der Waals surface area (Å²) < 4.78 is 0. The van der Waals surface area contributed by atoms with Crippen LogP contribution in [-0.4, -0.2) is 76.4 Å². The highest BCUT2D eigenvalue weighted by atomic mass is 15.4. The molecule has 3 fully saturated rings. The topological polar surface area (TPSA) is 47.0 Å². The van der Waals surface area contributed by atoms with Gasteiger partial charge in [-0.05, 0) is 69.9 Å². The van der Waals surface area contributed by atoms with E-state index in [1.165, 1.54) is 49.2 Å². The fourth-order valence-electron chi connectivity index (χ4n) is 6.14. The third kappa shape index (κ3) is 3.40. The van der Waals surface area contributed by atoms with Crippen LogP contribution in [0.4, 0.5) is 0 Å². The molecule has 0 amide bonds. The van der Waals surface area contributed by atoms with E-state index in [2.05, 4.69) is 58.3 Å². The van der Waals surface area contributed by atoms with Crippen molar-refractivity contribution in [2.45, 2.75) is 62.7 Å². The van der Waals surface area contributed by atoms with Crippen molar-refractivity contribution in [2.75, 3.05) is 33.2 Å². The van der Waals surface area contributed by atoms with Crippen LogP contribution in [0.1, 0.15) is 49.4 Å². The predicted molar refractivity (Wildman–Crippen MR) is 124 cm³/mol. The van der Waals surface area contributed by atoms with Crippen molar-refractivity contribution in [2.24, 2.45) is 4.99 Å². The van der Waals surface area contributed by atoms with E-state index in [1.807, 2.05) is 12.3 Å². The van der Waals surface area contributed by atoms with Crippen LogP contribution < -0.4 is 5.32 Å². The summed E-state index contributed by atoms with van der Waals surface area (Å²) in [5, 5.41) is 3.74. The minimum Gasteiger partial charge on any atom is -0.355 e. The zero-order valence-corrected chi connectivity index (χ0v) is 18.8. The van der Waals surface area contributed by atoms with Crippen molar-refractivity contribution < 1.29 is 0 Å². The van der Waals surface area contributed by atoms with Gasteiger partial charge in [0.1, 0.15) is 11.7 Å². The molecule has 1 N–H and O–H groups in total. The molecule has 6 rings (SSSR count). The molecule has 1 aliphatic carbocycles. The number of rotatable bonds is 3. The van der Waals surface area contributed by atoms with Gasteiger partial charge < -0.3 is 15.1 Å². The monoisotopic (exact) mass is 418 g/mol. The van der Waals surface area contributed by atoms with Gasteiger partial charge in [-0.3, -0.25) is 14.9 Å². The summed E-state index contributed by atoms with van der Waals surface area (Å²) in [5.41, 5.74) is 2.93. The molecule has 164 valence electrons. The van der Waals surface area contributed by atoms with Gasteiger partial charge in [-0.1, -0.05) is 12.1 Å². The lowest BCUT2D eigenvalue weighted by Crippen LogP contribution is -2.55. The molecule has 3 atom stereocenters. The molecule has 1 spiro atoms. The van der Waals surface area contributed by atoms with Crippen LogP contribution in [0.3, 0.4) is 0 Å². The second-order valence-corrected chi connectivity index (χ2v) is 10.1. The van der Waals surface area contributed by atoms with Gasteiger partial charge in [-0.25, -0.2) is 0 Å². The van der Waals surface area contributed by atoms with Gasteiger partial charge in [-0.15, -0.1) is 0 Å². The van der Waals surface area contributed by atoms with Gasteiger partial charge in [0.15, 0.2) is 0 Å². The SMILES string of the molecule is Cc1cccnc1[C@@H]1CCC[C@H](C2CN3C(N4CCNC5(CC5)C4)=CC=CC3=N2)N1C. The lowest BCUT2D eigenvalue weighted by molar-refractivity contribution is 0.0912. The first-order valence-electron chi connectivity index (χ1n) is 12.0.